The number of hydrogen-bond acceptors (Lipinski definition) is 1. The van der Waals surface area contributed by atoms with E-state index < -0.39 is 0 Å². The predicted molar refractivity (Wildman–Crippen MR) is 94.4 cm³/mol. The second-order valence-electron chi connectivity index (χ2n) is 6.66. The van der Waals surface area contributed by atoms with E-state index >= 15 is 0 Å². The van der Waals surface area contributed by atoms with Gasteiger partial charge in [-0.15, -0.1) is 0 Å². The van der Waals surface area contributed by atoms with Crippen LogP contribution in [0.2, 0.25) is 0 Å². The molecule has 0 bridgehead atoms. The van der Waals surface area contributed by atoms with Gasteiger partial charge in [-0.2, -0.15) is 0 Å². The van der Waals surface area contributed by atoms with Crippen molar-refractivity contribution in [2.45, 2.75) is 97.9 Å². The van der Waals surface area contributed by atoms with Gasteiger partial charge in [0.05, 0.1) is 13.1 Å². The minimum atomic E-state index is 0.792. The standard InChI is InChI=1S/C19H39N2/c1-5-9-13-18-17-20(15-11-7-3)19(14-10-6-2)21(18)16-12-8-4/h18H,5-17H2,1-4H3/q+1. The van der Waals surface area contributed by atoms with Gasteiger partial charge >= 0.3 is 0 Å². The van der Waals surface area contributed by atoms with Crippen LogP contribution in [0.15, 0.2) is 0 Å². The first-order chi connectivity index (χ1) is 10.3. The smallest absolute Gasteiger partial charge is 0.247 e. The average molecular weight is 296 g/mol. The third-order valence-corrected chi connectivity index (χ3v) is 4.75. The summed E-state index contributed by atoms with van der Waals surface area (Å²) >= 11 is 0. The molecule has 0 amide bonds. The zero-order valence-electron chi connectivity index (χ0n) is 15.2. The van der Waals surface area contributed by atoms with Crippen molar-refractivity contribution in [1.29, 1.82) is 0 Å². The van der Waals surface area contributed by atoms with Crippen LogP contribution in [0.25, 0.3) is 0 Å². The van der Waals surface area contributed by atoms with Crippen LogP contribution in [-0.2, 0) is 0 Å². The maximum atomic E-state index is 2.80. The lowest BCUT2D eigenvalue weighted by Gasteiger charge is -2.13. The molecule has 124 valence electrons. The molecule has 0 aliphatic carbocycles. The molecule has 0 aromatic carbocycles. The lowest BCUT2D eigenvalue weighted by Crippen LogP contribution is -2.30. The average Bonchev–Trinajstić information content (AvgIpc) is 2.83. The third kappa shape index (κ3) is 6.00. The molecule has 2 nitrogen and oxygen atoms in total. The Bertz CT molecular complexity index is 268. The normalized spacial score (nSPS) is 18.9. The molecule has 0 radical (unpaired) electrons. The van der Waals surface area contributed by atoms with E-state index in [1.807, 2.05) is 0 Å². The van der Waals surface area contributed by atoms with E-state index in [0.29, 0.717) is 0 Å². The minimum absolute atomic E-state index is 0.792. The molecule has 1 atom stereocenters. The van der Waals surface area contributed by atoms with Crippen molar-refractivity contribution in [3.63, 3.8) is 0 Å². The first-order valence-electron chi connectivity index (χ1n) is 9.65. The van der Waals surface area contributed by atoms with Gasteiger partial charge in [0.1, 0.15) is 12.6 Å². The highest BCUT2D eigenvalue weighted by molar-refractivity contribution is 5.78. The molecule has 0 aromatic rings. The molecular formula is C19H39N2+. The number of amidine groups is 1. The van der Waals surface area contributed by atoms with Crippen LogP contribution in [0.1, 0.15) is 91.9 Å². The Morgan fingerprint density at radius 1 is 0.905 bits per heavy atom. The number of unbranched alkanes of at least 4 members (excludes halogenated alkanes) is 4. The minimum Gasteiger partial charge on any atom is -0.261 e. The number of rotatable bonds is 12. The molecule has 21 heavy (non-hydrogen) atoms. The van der Waals surface area contributed by atoms with Crippen molar-refractivity contribution in [3.05, 3.63) is 0 Å². The summed E-state index contributed by atoms with van der Waals surface area (Å²) in [5.74, 6) is 1.68. The van der Waals surface area contributed by atoms with Crippen LogP contribution in [0.3, 0.4) is 0 Å². The zero-order chi connectivity index (χ0) is 15.5. The van der Waals surface area contributed by atoms with Crippen LogP contribution >= 0.6 is 0 Å². The van der Waals surface area contributed by atoms with Gasteiger partial charge in [0.25, 0.3) is 0 Å². The monoisotopic (exact) mass is 295 g/mol. The maximum Gasteiger partial charge on any atom is 0.247 e. The first kappa shape index (κ1) is 18.5. The zero-order valence-corrected chi connectivity index (χ0v) is 15.2. The van der Waals surface area contributed by atoms with E-state index in [9.17, 15) is 0 Å². The van der Waals surface area contributed by atoms with Gasteiger partial charge < -0.3 is 0 Å². The predicted octanol–water partition coefficient (Wildman–Crippen LogP) is 5.06. The van der Waals surface area contributed by atoms with E-state index in [4.69, 9.17) is 0 Å². The summed E-state index contributed by atoms with van der Waals surface area (Å²) in [7, 11) is 0. The van der Waals surface area contributed by atoms with Gasteiger partial charge in [-0.25, -0.2) is 0 Å². The Balaban J connectivity index is 2.81. The van der Waals surface area contributed by atoms with Crippen molar-refractivity contribution in [2.24, 2.45) is 0 Å². The number of hydrogen-bond donors (Lipinski definition) is 0. The molecule has 1 aliphatic heterocycles. The Hall–Kier alpha value is -0.530. The Morgan fingerprint density at radius 2 is 1.57 bits per heavy atom. The van der Waals surface area contributed by atoms with Gasteiger partial charge in [-0.05, 0) is 32.1 Å². The summed E-state index contributed by atoms with van der Waals surface area (Å²) in [5.41, 5.74) is 0. The van der Waals surface area contributed by atoms with Gasteiger partial charge in [0, 0.05) is 6.42 Å². The summed E-state index contributed by atoms with van der Waals surface area (Å²) < 4.78 is 2.80. The van der Waals surface area contributed by atoms with Gasteiger partial charge in [-0.1, -0.05) is 53.4 Å². The van der Waals surface area contributed by atoms with Crippen molar-refractivity contribution in [3.8, 4) is 0 Å². The van der Waals surface area contributed by atoms with E-state index in [2.05, 4.69) is 37.2 Å². The van der Waals surface area contributed by atoms with Crippen LogP contribution in [0.4, 0.5) is 0 Å². The van der Waals surface area contributed by atoms with E-state index in [1.54, 1.807) is 5.84 Å². The molecule has 0 aromatic heterocycles. The molecular weight excluding hydrogens is 256 g/mol. The molecule has 0 saturated carbocycles. The molecule has 0 spiro atoms. The molecule has 1 rings (SSSR count). The topological polar surface area (TPSA) is 6.25 Å². The van der Waals surface area contributed by atoms with Gasteiger partial charge in [0.2, 0.25) is 5.84 Å². The Morgan fingerprint density at radius 3 is 2.19 bits per heavy atom. The lowest BCUT2D eigenvalue weighted by atomic mass is 10.1. The lowest BCUT2D eigenvalue weighted by molar-refractivity contribution is -0.558. The fourth-order valence-electron chi connectivity index (χ4n) is 3.38. The molecule has 1 unspecified atom stereocenters. The highest BCUT2D eigenvalue weighted by Crippen LogP contribution is 2.19. The molecule has 2 heteroatoms. The van der Waals surface area contributed by atoms with Crippen LogP contribution in [-0.4, -0.2) is 41.0 Å². The summed E-state index contributed by atoms with van der Waals surface area (Å²) in [6, 6.07) is 0.792. The highest BCUT2D eigenvalue weighted by atomic mass is 15.3. The van der Waals surface area contributed by atoms with Crippen molar-refractivity contribution in [1.82, 2.24) is 4.90 Å². The van der Waals surface area contributed by atoms with E-state index in [1.165, 1.54) is 83.8 Å². The Kier molecular flexibility index (Phi) is 9.78. The summed E-state index contributed by atoms with van der Waals surface area (Å²) in [6.45, 7) is 13.1. The molecule has 0 fully saturated rings. The fraction of sp³-hybridized carbons (Fsp3) is 0.947. The van der Waals surface area contributed by atoms with Crippen LogP contribution in [0.5, 0.6) is 0 Å². The van der Waals surface area contributed by atoms with Crippen molar-refractivity contribution in [2.75, 3.05) is 19.6 Å². The Labute approximate surface area is 133 Å². The van der Waals surface area contributed by atoms with Crippen LogP contribution < -0.4 is 0 Å². The molecule has 0 N–H and O–H groups in total. The van der Waals surface area contributed by atoms with E-state index in [0.717, 1.165) is 6.04 Å². The summed E-state index contributed by atoms with van der Waals surface area (Å²) in [6.07, 6.45) is 13.4. The quantitative estimate of drug-likeness (QED) is 0.456. The van der Waals surface area contributed by atoms with Gasteiger partial charge in [0.15, 0.2) is 0 Å². The van der Waals surface area contributed by atoms with Crippen molar-refractivity contribution < 1.29 is 4.58 Å². The maximum absolute atomic E-state index is 2.80. The molecule has 0 saturated heterocycles. The highest BCUT2D eigenvalue weighted by Gasteiger charge is 2.36. The summed E-state index contributed by atoms with van der Waals surface area (Å²) in [4.78, 5) is 2.73. The largest absolute Gasteiger partial charge is 0.261 e. The fourth-order valence-corrected chi connectivity index (χ4v) is 3.38. The number of nitrogens with zero attached hydrogens (tertiary/aromatic N) is 2. The third-order valence-electron chi connectivity index (χ3n) is 4.75. The van der Waals surface area contributed by atoms with Crippen LogP contribution in [0, 0.1) is 0 Å². The van der Waals surface area contributed by atoms with Gasteiger partial charge in [-0.3, -0.25) is 9.48 Å². The molecule has 1 aliphatic rings. The molecule has 1 heterocycles. The van der Waals surface area contributed by atoms with Crippen molar-refractivity contribution >= 4 is 5.84 Å². The van der Waals surface area contributed by atoms with E-state index in [-0.39, 0.29) is 0 Å². The summed E-state index contributed by atoms with van der Waals surface area (Å²) in [5, 5.41) is 0. The second kappa shape index (κ2) is 11.1. The first-order valence-corrected chi connectivity index (χ1v) is 9.65. The SMILES string of the molecule is CCCCC1=[N+](CCCC)C(CCCC)CN1CCCC. The second-order valence-corrected chi connectivity index (χ2v) is 6.66.